The maximum absolute atomic E-state index is 10.7. The van der Waals surface area contributed by atoms with Crippen LogP contribution in [0.15, 0.2) is 17.8 Å². The summed E-state index contributed by atoms with van der Waals surface area (Å²) in [6, 6.07) is 0. The normalized spacial score (nSPS) is 9.56. The van der Waals surface area contributed by atoms with Gasteiger partial charge in [0.05, 0.1) is 6.21 Å². The van der Waals surface area contributed by atoms with Gasteiger partial charge in [-0.05, 0) is 6.20 Å². The second-order valence-electron chi connectivity index (χ2n) is 1.52. The SMILES string of the molecule is C=CN(C)C(=O)/C=N\C. The molecule has 0 saturated carbocycles. The van der Waals surface area contributed by atoms with Gasteiger partial charge in [-0.2, -0.15) is 0 Å². The van der Waals surface area contributed by atoms with Gasteiger partial charge >= 0.3 is 0 Å². The maximum Gasteiger partial charge on any atom is 0.268 e. The van der Waals surface area contributed by atoms with Crippen molar-refractivity contribution >= 4 is 12.1 Å². The van der Waals surface area contributed by atoms with E-state index in [-0.39, 0.29) is 5.91 Å². The van der Waals surface area contributed by atoms with Crippen molar-refractivity contribution < 1.29 is 4.79 Å². The largest absolute Gasteiger partial charge is 0.318 e. The van der Waals surface area contributed by atoms with Crippen LogP contribution in [0.4, 0.5) is 0 Å². The first-order chi connectivity index (χ1) is 4.22. The van der Waals surface area contributed by atoms with Crippen molar-refractivity contribution in [3.8, 4) is 0 Å². The Morgan fingerprint density at radius 2 is 2.33 bits per heavy atom. The number of amides is 1. The Morgan fingerprint density at radius 1 is 1.78 bits per heavy atom. The van der Waals surface area contributed by atoms with Crippen molar-refractivity contribution in [2.75, 3.05) is 14.1 Å². The van der Waals surface area contributed by atoms with E-state index in [9.17, 15) is 4.79 Å². The molecule has 9 heavy (non-hydrogen) atoms. The van der Waals surface area contributed by atoms with Crippen molar-refractivity contribution in [2.45, 2.75) is 0 Å². The summed E-state index contributed by atoms with van der Waals surface area (Å²) < 4.78 is 0. The van der Waals surface area contributed by atoms with Gasteiger partial charge < -0.3 is 4.90 Å². The summed E-state index contributed by atoms with van der Waals surface area (Å²) in [6.07, 6.45) is 2.67. The smallest absolute Gasteiger partial charge is 0.268 e. The molecule has 1 amide bonds. The Labute approximate surface area is 54.7 Å². The summed E-state index contributed by atoms with van der Waals surface area (Å²) in [5.74, 6) is -0.160. The summed E-state index contributed by atoms with van der Waals surface area (Å²) >= 11 is 0. The summed E-state index contributed by atoms with van der Waals surface area (Å²) in [5.41, 5.74) is 0. The Kier molecular flexibility index (Phi) is 3.35. The molecule has 0 aromatic carbocycles. The monoisotopic (exact) mass is 126 g/mol. The molecule has 0 aliphatic heterocycles. The van der Waals surface area contributed by atoms with Crippen LogP contribution >= 0.6 is 0 Å². The Morgan fingerprint density at radius 3 is 2.67 bits per heavy atom. The second-order valence-corrected chi connectivity index (χ2v) is 1.52. The molecule has 0 bridgehead atoms. The van der Waals surface area contributed by atoms with Crippen LogP contribution in [0, 0.1) is 0 Å². The van der Waals surface area contributed by atoms with Crippen molar-refractivity contribution in [2.24, 2.45) is 4.99 Å². The summed E-state index contributed by atoms with van der Waals surface area (Å²) in [7, 11) is 3.17. The molecule has 0 rings (SSSR count). The molecule has 3 heteroatoms. The minimum absolute atomic E-state index is 0.160. The number of carbonyl (C=O) groups excluding carboxylic acids is 1. The van der Waals surface area contributed by atoms with Gasteiger partial charge in [0, 0.05) is 14.1 Å². The molecule has 0 spiro atoms. The Bertz CT molecular complexity index is 140. The molecule has 50 valence electrons. The zero-order chi connectivity index (χ0) is 7.28. The van der Waals surface area contributed by atoms with E-state index in [1.54, 1.807) is 14.1 Å². The Balaban J connectivity index is 3.87. The topological polar surface area (TPSA) is 32.7 Å². The predicted octanol–water partition coefficient (Wildman–Crippen LogP) is 0.289. The van der Waals surface area contributed by atoms with Gasteiger partial charge in [0.2, 0.25) is 0 Å². The quantitative estimate of drug-likeness (QED) is 0.489. The lowest BCUT2D eigenvalue weighted by atomic mass is 10.6. The lowest BCUT2D eigenvalue weighted by Gasteiger charge is -2.05. The molecule has 0 aliphatic carbocycles. The van der Waals surface area contributed by atoms with Gasteiger partial charge in [-0.15, -0.1) is 0 Å². The van der Waals surface area contributed by atoms with Gasteiger partial charge in [-0.1, -0.05) is 6.58 Å². The molecule has 0 N–H and O–H groups in total. The van der Waals surface area contributed by atoms with Crippen LogP contribution in [0.25, 0.3) is 0 Å². The lowest BCUT2D eigenvalue weighted by Crippen LogP contribution is -2.21. The lowest BCUT2D eigenvalue weighted by molar-refractivity contribution is -0.120. The van der Waals surface area contributed by atoms with Crippen LogP contribution < -0.4 is 0 Å². The van der Waals surface area contributed by atoms with Crippen LogP contribution in [0.1, 0.15) is 0 Å². The van der Waals surface area contributed by atoms with Crippen molar-refractivity contribution in [1.82, 2.24) is 4.90 Å². The Hall–Kier alpha value is -1.12. The molecule has 0 atom stereocenters. The number of aliphatic imine (C=N–C) groups is 1. The fourth-order valence-electron chi connectivity index (χ4n) is 0.291. The first-order valence-electron chi connectivity index (χ1n) is 2.54. The molecule has 0 aromatic rings. The molecule has 0 saturated heterocycles. The first kappa shape index (κ1) is 7.88. The number of hydrogen-bond donors (Lipinski definition) is 0. The van der Waals surface area contributed by atoms with Crippen LogP contribution in [-0.2, 0) is 4.79 Å². The molecule has 0 aliphatic rings. The van der Waals surface area contributed by atoms with E-state index < -0.39 is 0 Å². The van der Waals surface area contributed by atoms with E-state index in [1.165, 1.54) is 17.3 Å². The molecule has 3 nitrogen and oxygen atoms in total. The molecule has 0 unspecified atom stereocenters. The molecule has 0 heterocycles. The standard InChI is InChI=1S/C6H10N2O/c1-4-8(3)6(9)5-7-2/h4-5H,1H2,2-3H3/b7-5-. The van der Waals surface area contributed by atoms with Gasteiger partial charge in [-0.25, -0.2) is 0 Å². The zero-order valence-corrected chi connectivity index (χ0v) is 5.66. The van der Waals surface area contributed by atoms with Gasteiger partial charge in [0.15, 0.2) is 0 Å². The van der Waals surface area contributed by atoms with E-state index in [2.05, 4.69) is 11.6 Å². The average Bonchev–Trinajstić information content (AvgIpc) is 1.87. The van der Waals surface area contributed by atoms with E-state index in [0.29, 0.717) is 0 Å². The molecule has 0 fully saturated rings. The molecular weight excluding hydrogens is 116 g/mol. The third kappa shape index (κ3) is 2.64. The number of nitrogens with zero attached hydrogens (tertiary/aromatic N) is 2. The summed E-state index contributed by atoms with van der Waals surface area (Å²) in [5, 5.41) is 0. The van der Waals surface area contributed by atoms with E-state index in [1.807, 2.05) is 0 Å². The first-order valence-corrected chi connectivity index (χ1v) is 2.54. The fraction of sp³-hybridized carbons (Fsp3) is 0.333. The van der Waals surface area contributed by atoms with Gasteiger partial charge in [0.25, 0.3) is 5.91 Å². The average molecular weight is 126 g/mol. The second kappa shape index (κ2) is 3.83. The van der Waals surface area contributed by atoms with E-state index in [4.69, 9.17) is 0 Å². The highest BCUT2D eigenvalue weighted by Crippen LogP contribution is 1.79. The van der Waals surface area contributed by atoms with Crippen LogP contribution in [0.5, 0.6) is 0 Å². The molecule has 0 aromatic heterocycles. The molecule has 0 radical (unpaired) electrons. The third-order valence-electron chi connectivity index (χ3n) is 0.861. The highest BCUT2D eigenvalue weighted by atomic mass is 16.2. The van der Waals surface area contributed by atoms with Crippen LogP contribution in [-0.4, -0.2) is 31.1 Å². The zero-order valence-electron chi connectivity index (χ0n) is 5.66. The van der Waals surface area contributed by atoms with E-state index in [0.717, 1.165) is 0 Å². The van der Waals surface area contributed by atoms with Gasteiger partial charge in [-0.3, -0.25) is 9.79 Å². The van der Waals surface area contributed by atoms with Crippen molar-refractivity contribution in [3.63, 3.8) is 0 Å². The minimum atomic E-state index is -0.160. The maximum atomic E-state index is 10.7. The van der Waals surface area contributed by atoms with E-state index >= 15 is 0 Å². The van der Waals surface area contributed by atoms with Crippen LogP contribution in [0.3, 0.4) is 0 Å². The summed E-state index contributed by atoms with van der Waals surface area (Å²) in [4.78, 5) is 15.6. The summed E-state index contributed by atoms with van der Waals surface area (Å²) in [6.45, 7) is 3.41. The number of hydrogen-bond acceptors (Lipinski definition) is 2. The number of rotatable bonds is 2. The van der Waals surface area contributed by atoms with Crippen molar-refractivity contribution in [3.05, 3.63) is 12.8 Å². The highest BCUT2D eigenvalue weighted by Gasteiger charge is 1.97. The number of carbonyl (C=O) groups is 1. The minimum Gasteiger partial charge on any atom is -0.318 e. The van der Waals surface area contributed by atoms with Crippen molar-refractivity contribution in [1.29, 1.82) is 0 Å². The van der Waals surface area contributed by atoms with Crippen LogP contribution in [0.2, 0.25) is 0 Å². The molecular formula is C6H10N2O. The fourth-order valence-corrected chi connectivity index (χ4v) is 0.291. The highest BCUT2D eigenvalue weighted by molar-refractivity contribution is 6.26. The predicted molar refractivity (Wildman–Crippen MR) is 37.4 cm³/mol. The van der Waals surface area contributed by atoms with Gasteiger partial charge in [0.1, 0.15) is 0 Å². The third-order valence-corrected chi connectivity index (χ3v) is 0.861.